The van der Waals surface area contributed by atoms with Crippen molar-refractivity contribution in [2.45, 2.75) is 33.4 Å². The highest BCUT2D eigenvalue weighted by atomic mass is 32.2. The van der Waals surface area contributed by atoms with Crippen LogP contribution in [-0.2, 0) is 27.8 Å². The van der Waals surface area contributed by atoms with Gasteiger partial charge in [0.2, 0.25) is 0 Å². The number of aliphatic carboxylic acids is 1. The Morgan fingerprint density at radius 3 is 2.66 bits per heavy atom. The summed E-state index contributed by atoms with van der Waals surface area (Å²) >= 11 is 1.51. The maximum Gasteiger partial charge on any atom is 0.306 e. The number of nitriles is 1. The highest BCUT2D eigenvalue weighted by molar-refractivity contribution is 7.91. The summed E-state index contributed by atoms with van der Waals surface area (Å²) in [6.45, 7) is 7.48. The van der Waals surface area contributed by atoms with E-state index in [1.54, 1.807) is 18.2 Å². The first kappa shape index (κ1) is 29.0. The number of benzene rings is 2. The van der Waals surface area contributed by atoms with Crippen LogP contribution in [0.1, 0.15) is 35.6 Å². The molecule has 9 nitrogen and oxygen atoms in total. The summed E-state index contributed by atoms with van der Waals surface area (Å²) in [5.74, 6) is 0.0222. The van der Waals surface area contributed by atoms with Gasteiger partial charge in [-0.1, -0.05) is 25.1 Å². The molecule has 0 radical (unpaired) electrons. The van der Waals surface area contributed by atoms with E-state index in [-0.39, 0.29) is 23.3 Å². The molecule has 2 unspecified atom stereocenters. The van der Waals surface area contributed by atoms with Gasteiger partial charge in [0.25, 0.3) is 0 Å². The van der Waals surface area contributed by atoms with Crippen LogP contribution in [0.5, 0.6) is 5.75 Å². The first-order chi connectivity index (χ1) is 19.6. The van der Waals surface area contributed by atoms with Crippen LogP contribution in [0, 0.1) is 30.1 Å². The van der Waals surface area contributed by atoms with E-state index in [1.807, 2.05) is 19.2 Å². The molecule has 3 aromatic rings. The summed E-state index contributed by atoms with van der Waals surface area (Å²) in [5, 5.41) is 21.8. The maximum atomic E-state index is 11.7. The molecule has 0 amide bonds. The SMILES string of the molecule is Cc1cc(CN2CCS(=O)(=O)CC2)ccc1COc1ccc(C#N)cc1-c1csc(N2CCC(C(=O)O)C(C)C2)n1. The number of anilines is 1. The van der Waals surface area contributed by atoms with E-state index >= 15 is 0 Å². The van der Waals surface area contributed by atoms with Crippen LogP contribution in [0.3, 0.4) is 0 Å². The van der Waals surface area contributed by atoms with Crippen molar-refractivity contribution in [2.75, 3.05) is 42.6 Å². The van der Waals surface area contributed by atoms with E-state index in [2.05, 4.69) is 34.1 Å². The van der Waals surface area contributed by atoms with Crippen molar-refractivity contribution in [3.63, 3.8) is 0 Å². The van der Waals surface area contributed by atoms with Gasteiger partial charge in [0.15, 0.2) is 15.0 Å². The zero-order valence-electron chi connectivity index (χ0n) is 23.2. The molecular weight excluding hydrogens is 560 g/mol. The number of carboxylic acid groups (broad SMARTS) is 1. The highest BCUT2D eigenvalue weighted by Gasteiger charge is 2.32. The van der Waals surface area contributed by atoms with Gasteiger partial charge in [0.1, 0.15) is 12.4 Å². The Bertz CT molecular complexity index is 1570. The lowest BCUT2D eigenvalue weighted by Crippen LogP contribution is -2.42. The van der Waals surface area contributed by atoms with Crippen LogP contribution in [0.4, 0.5) is 5.13 Å². The molecule has 2 aromatic carbocycles. The molecule has 216 valence electrons. The number of rotatable bonds is 8. The average Bonchev–Trinajstić information content (AvgIpc) is 3.44. The first-order valence-electron chi connectivity index (χ1n) is 13.7. The number of hydrogen-bond donors (Lipinski definition) is 1. The third-order valence-electron chi connectivity index (χ3n) is 8.00. The minimum Gasteiger partial charge on any atom is -0.488 e. The molecule has 0 saturated carbocycles. The molecule has 0 aliphatic carbocycles. The normalized spacial score (nSPS) is 20.9. The van der Waals surface area contributed by atoms with E-state index in [1.165, 1.54) is 11.3 Å². The Kier molecular flexibility index (Phi) is 8.63. The van der Waals surface area contributed by atoms with Gasteiger partial charge in [-0.3, -0.25) is 9.69 Å². The largest absolute Gasteiger partial charge is 0.488 e. The van der Waals surface area contributed by atoms with Crippen LogP contribution in [0.25, 0.3) is 11.3 Å². The van der Waals surface area contributed by atoms with Gasteiger partial charge >= 0.3 is 5.97 Å². The second kappa shape index (κ2) is 12.2. The lowest BCUT2D eigenvalue weighted by Gasteiger charge is -2.34. The summed E-state index contributed by atoms with van der Waals surface area (Å²) in [6.07, 6.45) is 0.585. The molecule has 5 rings (SSSR count). The van der Waals surface area contributed by atoms with Crippen molar-refractivity contribution in [1.82, 2.24) is 9.88 Å². The summed E-state index contributed by atoms with van der Waals surface area (Å²) in [6, 6.07) is 13.8. The number of thiazole rings is 1. The molecule has 2 fully saturated rings. The summed E-state index contributed by atoms with van der Waals surface area (Å²) in [7, 11) is -2.90. The van der Waals surface area contributed by atoms with Crippen molar-refractivity contribution < 1.29 is 23.1 Å². The van der Waals surface area contributed by atoms with Crippen LogP contribution in [0.2, 0.25) is 0 Å². The molecule has 1 N–H and O–H groups in total. The molecular formula is C30H34N4O5S2. The zero-order valence-corrected chi connectivity index (χ0v) is 24.9. The summed E-state index contributed by atoms with van der Waals surface area (Å²) in [5.41, 5.74) is 5.26. The lowest BCUT2D eigenvalue weighted by atomic mass is 9.87. The topological polar surface area (TPSA) is 124 Å². The number of ether oxygens (including phenoxy) is 1. The smallest absolute Gasteiger partial charge is 0.306 e. The van der Waals surface area contributed by atoms with Gasteiger partial charge in [-0.05, 0) is 54.2 Å². The van der Waals surface area contributed by atoms with Gasteiger partial charge in [-0.25, -0.2) is 13.4 Å². The van der Waals surface area contributed by atoms with E-state index in [9.17, 15) is 23.6 Å². The number of nitrogens with zero attached hydrogens (tertiary/aromatic N) is 4. The van der Waals surface area contributed by atoms with Crippen molar-refractivity contribution in [2.24, 2.45) is 11.8 Å². The third kappa shape index (κ3) is 6.89. The standard InChI is InChI=1S/C30H34N4O5S2/c1-20-13-23(17-33-9-11-41(37,38)12-10-33)3-5-24(20)18-39-28-6-4-22(15-31)14-26(28)27-19-40-30(32-27)34-8-7-25(29(35)36)21(2)16-34/h3-6,13-14,19,21,25H,7-12,16-18H2,1-2H3,(H,35,36). The van der Waals surface area contributed by atoms with Crippen molar-refractivity contribution >= 4 is 32.3 Å². The first-order valence-corrected chi connectivity index (χ1v) is 16.4. The van der Waals surface area contributed by atoms with E-state index in [0.29, 0.717) is 50.5 Å². The predicted octanol–water partition coefficient (Wildman–Crippen LogP) is 4.35. The van der Waals surface area contributed by atoms with Crippen molar-refractivity contribution in [3.8, 4) is 23.1 Å². The Hall–Kier alpha value is -3.46. The number of piperidine rings is 1. The number of carbonyl (C=O) groups is 1. The quantitative estimate of drug-likeness (QED) is 0.405. The number of aromatic nitrogens is 1. The average molecular weight is 595 g/mol. The lowest BCUT2D eigenvalue weighted by molar-refractivity contribution is -0.144. The molecule has 2 saturated heterocycles. The number of carboxylic acids is 1. The minimum atomic E-state index is -2.90. The van der Waals surface area contributed by atoms with E-state index < -0.39 is 15.8 Å². The van der Waals surface area contributed by atoms with Crippen LogP contribution in [0.15, 0.2) is 41.8 Å². The molecule has 0 bridgehead atoms. The van der Waals surface area contributed by atoms with Gasteiger partial charge < -0.3 is 14.7 Å². The van der Waals surface area contributed by atoms with Crippen LogP contribution < -0.4 is 9.64 Å². The van der Waals surface area contributed by atoms with Crippen LogP contribution in [-0.4, -0.2) is 67.1 Å². The van der Waals surface area contributed by atoms with Crippen molar-refractivity contribution in [1.29, 1.82) is 5.26 Å². The predicted molar refractivity (Wildman–Crippen MR) is 159 cm³/mol. The van der Waals surface area contributed by atoms with Gasteiger partial charge in [-0.2, -0.15) is 5.26 Å². The number of aryl methyl sites for hydroxylation is 1. The van der Waals surface area contributed by atoms with E-state index in [0.717, 1.165) is 39.6 Å². The second-order valence-electron chi connectivity index (χ2n) is 11.0. The molecule has 0 spiro atoms. The fourth-order valence-corrected chi connectivity index (χ4v) is 7.62. The molecule has 3 heterocycles. The summed E-state index contributed by atoms with van der Waals surface area (Å²) in [4.78, 5) is 20.7. The minimum absolute atomic E-state index is 0.0278. The monoisotopic (exact) mass is 594 g/mol. The Morgan fingerprint density at radius 2 is 1.98 bits per heavy atom. The highest BCUT2D eigenvalue weighted by Crippen LogP contribution is 2.36. The number of sulfone groups is 1. The second-order valence-corrected chi connectivity index (χ2v) is 14.1. The third-order valence-corrected chi connectivity index (χ3v) is 10.5. The Labute approximate surface area is 244 Å². The number of hydrogen-bond acceptors (Lipinski definition) is 9. The molecule has 1 aromatic heterocycles. The molecule has 2 aliphatic rings. The fourth-order valence-electron chi connectivity index (χ4n) is 5.49. The Balaban J connectivity index is 1.28. The van der Waals surface area contributed by atoms with E-state index in [4.69, 9.17) is 9.72 Å². The van der Waals surface area contributed by atoms with Gasteiger partial charge in [-0.15, -0.1) is 11.3 Å². The fraction of sp³-hybridized carbons (Fsp3) is 0.433. The van der Waals surface area contributed by atoms with Crippen LogP contribution >= 0.6 is 11.3 Å². The van der Waals surface area contributed by atoms with Gasteiger partial charge in [0.05, 0.1) is 34.8 Å². The molecule has 2 atom stereocenters. The molecule has 41 heavy (non-hydrogen) atoms. The van der Waals surface area contributed by atoms with Crippen molar-refractivity contribution in [3.05, 3.63) is 64.0 Å². The zero-order chi connectivity index (χ0) is 29.1. The van der Waals surface area contributed by atoms with Gasteiger partial charge in [0, 0.05) is 43.7 Å². The Morgan fingerprint density at radius 1 is 1.20 bits per heavy atom. The summed E-state index contributed by atoms with van der Waals surface area (Å²) < 4.78 is 29.7. The molecule has 2 aliphatic heterocycles. The molecule has 11 heteroatoms. The maximum absolute atomic E-state index is 11.7.